The van der Waals surface area contributed by atoms with Gasteiger partial charge in [0.2, 0.25) is 20.0 Å². The van der Waals surface area contributed by atoms with E-state index < -0.39 is 37.7 Å². The Balaban J connectivity index is 0.000000205. The number of Topliss-reactive ketones (excluding diaryl/α,β-unsaturated/α-hetero) is 1. The molecule has 2 aliphatic heterocycles. The summed E-state index contributed by atoms with van der Waals surface area (Å²) >= 11 is 0. The van der Waals surface area contributed by atoms with E-state index in [2.05, 4.69) is 10.3 Å². The summed E-state index contributed by atoms with van der Waals surface area (Å²) in [6, 6.07) is 10.1. The van der Waals surface area contributed by atoms with E-state index in [1.165, 1.54) is 39.8 Å². The summed E-state index contributed by atoms with van der Waals surface area (Å²) in [5, 5.41) is 15.5. The van der Waals surface area contributed by atoms with Crippen molar-refractivity contribution >= 4 is 31.5 Å². The number of halogens is 2. The second kappa shape index (κ2) is 14.7. The van der Waals surface area contributed by atoms with E-state index in [1.807, 2.05) is 0 Å². The molecule has 2 fully saturated rings. The van der Waals surface area contributed by atoms with E-state index >= 15 is 0 Å². The Morgan fingerprint density at radius 1 is 0.889 bits per heavy atom. The van der Waals surface area contributed by atoms with Crippen molar-refractivity contribution in [3.05, 3.63) is 77.7 Å². The maximum atomic E-state index is 13.0. The fourth-order valence-electron chi connectivity index (χ4n) is 5.42. The lowest BCUT2D eigenvalue weighted by molar-refractivity contribution is -0.122. The van der Waals surface area contributed by atoms with Gasteiger partial charge in [-0.3, -0.25) is 4.79 Å². The molecule has 2 aromatic carbocycles. The van der Waals surface area contributed by atoms with Gasteiger partial charge in [0.1, 0.15) is 11.6 Å². The van der Waals surface area contributed by atoms with Gasteiger partial charge in [-0.05, 0) is 88.1 Å². The molecule has 1 aromatic heterocycles. The summed E-state index contributed by atoms with van der Waals surface area (Å²) in [4.78, 5) is 12.4. The molecule has 1 N–H and O–H groups in total. The van der Waals surface area contributed by atoms with E-state index in [1.54, 1.807) is 13.0 Å². The first-order valence-electron chi connectivity index (χ1n) is 14.5. The van der Waals surface area contributed by atoms with Crippen molar-refractivity contribution in [2.45, 2.75) is 80.7 Å². The van der Waals surface area contributed by atoms with E-state index in [9.17, 15) is 30.4 Å². The van der Waals surface area contributed by atoms with Gasteiger partial charge in [0, 0.05) is 25.6 Å². The SMILES string of the molecule is C/C(CC(=O)[C@@H]1CCCCN1S(=O)(=O)c1ccc(F)cc1)=N\O.Cc1cc([C@@H]2CCCCN2S(=O)(=O)c2ccc(F)cc2)on1. The van der Waals surface area contributed by atoms with Crippen LogP contribution < -0.4 is 0 Å². The predicted molar refractivity (Wildman–Crippen MR) is 161 cm³/mol. The largest absolute Gasteiger partial charge is 0.411 e. The van der Waals surface area contributed by atoms with E-state index in [-0.39, 0.29) is 40.3 Å². The molecule has 5 rings (SSSR count). The zero-order chi connectivity index (χ0) is 32.8. The fraction of sp³-hybridized carbons (Fsp3) is 0.433. The number of aryl methyl sites for hydroxylation is 1. The molecule has 0 aliphatic carbocycles. The number of rotatable bonds is 8. The monoisotopic (exact) mass is 666 g/mol. The summed E-state index contributed by atoms with van der Waals surface area (Å²) in [5.41, 5.74) is 0.958. The highest BCUT2D eigenvalue weighted by atomic mass is 32.2. The summed E-state index contributed by atoms with van der Waals surface area (Å²) < 4.78 is 85.1. The summed E-state index contributed by atoms with van der Waals surface area (Å²) in [5.74, 6) is -0.724. The minimum atomic E-state index is -3.87. The van der Waals surface area contributed by atoms with E-state index in [4.69, 9.17) is 9.73 Å². The van der Waals surface area contributed by atoms with Crippen LogP contribution >= 0.6 is 0 Å². The molecule has 2 atom stereocenters. The van der Waals surface area contributed by atoms with Crippen LogP contribution in [-0.2, 0) is 24.8 Å². The molecule has 45 heavy (non-hydrogen) atoms. The highest BCUT2D eigenvalue weighted by molar-refractivity contribution is 7.89. The number of hydrogen-bond donors (Lipinski definition) is 1. The first kappa shape index (κ1) is 34.3. The Morgan fingerprint density at radius 2 is 1.40 bits per heavy atom. The number of ketones is 1. The zero-order valence-electron chi connectivity index (χ0n) is 25.0. The zero-order valence-corrected chi connectivity index (χ0v) is 26.6. The van der Waals surface area contributed by atoms with E-state index in [0.717, 1.165) is 49.2 Å². The van der Waals surface area contributed by atoms with Gasteiger partial charge >= 0.3 is 0 Å². The molecule has 15 heteroatoms. The van der Waals surface area contributed by atoms with Crippen LogP contribution in [-0.4, -0.2) is 66.4 Å². The number of piperidine rings is 2. The minimum Gasteiger partial charge on any atom is -0.411 e. The molecular formula is C30H36F2N4O7S2. The Morgan fingerprint density at radius 3 is 1.91 bits per heavy atom. The van der Waals surface area contributed by atoms with Crippen molar-refractivity contribution in [3.8, 4) is 0 Å². The number of carbonyl (C=O) groups is 1. The van der Waals surface area contributed by atoms with Crippen molar-refractivity contribution < 1.29 is 40.1 Å². The normalized spacial score (nSPS) is 20.3. The number of benzene rings is 2. The molecule has 3 heterocycles. The lowest BCUT2D eigenvalue weighted by Gasteiger charge is -2.33. The highest BCUT2D eigenvalue weighted by Gasteiger charge is 2.38. The summed E-state index contributed by atoms with van der Waals surface area (Å²) in [6.07, 6.45) is 4.16. The Bertz CT molecular complexity index is 1710. The molecule has 0 radical (unpaired) electrons. The smallest absolute Gasteiger partial charge is 0.243 e. The molecule has 0 bridgehead atoms. The standard InChI is InChI=1S/C15H19FN2O4S.C15H17FN2O3S/c1-11(17-20)10-15(19)14-4-2-3-9-18(14)23(21,22)13-7-5-12(16)6-8-13;1-11-10-15(21-17-11)14-4-2-3-9-18(14)22(19,20)13-7-5-12(16)6-8-13/h5-8,14,20H,2-4,9-10H2,1H3;5-8,10,14H,2-4,9H2,1H3/b17-11+;/t2*14-/m00/s1. The third-order valence-electron chi connectivity index (χ3n) is 7.69. The molecule has 0 saturated carbocycles. The molecule has 2 saturated heterocycles. The Labute approximate surface area is 261 Å². The molecule has 0 amide bonds. The van der Waals surface area contributed by atoms with Crippen molar-refractivity contribution in [2.75, 3.05) is 13.1 Å². The van der Waals surface area contributed by atoms with Crippen LogP contribution in [0.3, 0.4) is 0 Å². The van der Waals surface area contributed by atoms with Gasteiger partial charge in [-0.15, -0.1) is 0 Å². The van der Waals surface area contributed by atoms with Crippen LogP contribution in [0.2, 0.25) is 0 Å². The molecule has 2 aliphatic rings. The fourth-order valence-corrected chi connectivity index (χ4v) is 8.76. The van der Waals surface area contributed by atoms with Gasteiger partial charge in [-0.1, -0.05) is 23.2 Å². The lowest BCUT2D eigenvalue weighted by Crippen LogP contribution is -2.48. The van der Waals surface area contributed by atoms with Crippen LogP contribution in [0.1, 0.15) is 69.4 Å². The number of hydrogen-bond acceptors (Lipinski definition) is 9. The quantitative estimate of drug-likeness (QED) is 0.195. The Kier molecular flexibility index (Phi) is 11.2. The van der Waals surface area contributed by atoms with Crippen LogP contribution in [0, 0.1) is 18.6 Å². The first-order chi connectivity index (χ1) is 21.3. The molecule has 0 spiro atoms. The molecular weight excluding hydrogens is 630 g/mol. The first-order valence-corrected chi connectivity index (χ1v) is 17.4. The molecule has 11 nitrogen and oxygen atoms in total. The van der Waals surface area contributed by atoms with Crippen molar-refractivity contribution in [1.29, 1.82) is 0 Å². The maximum absolute atomic E-state index is 13.0. The minimum absolute atomic E-state index is 0.0360. The summed E-state index contributed by atoms with van der Waals surface area (Å²) in [7, 11) is -7.56. The van der Waals surface area contributed by atoms with Crippen LogP contribution in [0.15, 0.2) is 74.1 Å². The van der Waals surface area contributed by atoms with Crippen molar-refractivity contribution in [3.63, 3.8) is 0 Å². The van der Waals surface area contributed by atoms with Gasteiger partial charge < -0.3 is 9.73 Å². The second-order valence-electron chi connectivity index (χ2n) is 11.0. The van der Waals surface area contributed by atoms with Gasteiger partial charge in [0.25, 0.3) is 0 Å². The highest BCUT2D eigenvalue weighted by Crippen LogP contribution is 2.35. The number of sulfonamides is 2. The molecule has 244 valence electrons. The van der Waals surface area contributed by atoms with Gasteiger partial charge in [0.05, 0.1) is 33.3 Å². The van der Waals surface area contributed by atoms with E-state index in [0.29, 0.717) is 31.6 Å². The topological polar surface area (TPSA) is 150 Å². The van der Waals surface area contributed by atoms with Crippen molar-refractivity contribution in [1.82, 2.24) is 13.8 Å². The lowest BCUT2D eigenvalue weighted by atomic mass is 9.98. The second-order valence-corrected chi connectivity index (χ2v) is 14.8. The van der Waals surface area contributed by atoms with Crippen LogP contribution in [0.25, 0.3) is 0 Å². The van der Waals surface area contributed by atoms with Crippen LogP contribution in [0.5, 0.6) is 0 Å². The number of nitrogens with zero attached hydrogens (tertiary/aromatic N) is 4. The van der Waals surface area contributed by atoms with Crippen LogP contribution in [0.4, 0.5) is 8.78 Å². The molecule has 3 aromatic rings. The van der Waals surface area contributed by atoms with Gasteiger partial charge in [0.15, 0.2) is 11.5 Å². The number of oxime groups is 1. The average molecular weight is 667 g/mol. The Hall–Kier alpha value is -3.53. The summed E-state index contributed by atoms with van der Waals surface area (Å²) in [6.45, 7) is 3.96. The van der Waals surface area contributed by atoms with Gasteiger partial charge in [-0.25, -0.2) is 25.6 Å². The third-order valence-corrected chi connectivity index (χ3v) is 11.5. The molecule has 0 unspecified atom stereocenters. The van der Waals surface area contributed by atoms with Crippen molar-refractivity contribution in [2.24, 2.45) is 5.16 Å². The predicted octanol–water partition coefficient (Wildman–Crippen LogP) is 5.22. The number of aromatic nitrogens is 1. The van der Waals surface area contributed by atoms with Gasteiger partial charge in [-0.2, -0.15) is 8.61 Å². The average Bonchev–Trinajstić information content (AvgIpc) is 3.47. The number of carbonyl (C=O) groups excluding carboxylic acids is 1. The maximum Gasteiger partial charge on any atom is 0.243 e. The third kappa shape index (κ3) is 8.20.